The van der Waals surface area contributed by atoms with Crippen molar-refractivity contribution < 1.29 is 9.59 Å². The number of carbonyl (C=O) groups is 2. The largest absolute Gasteiger partial charge is 0.335 e. The Hall–Kier alpha value is -3.14. The summed E-state index contributed by atoms with van der Waals surface area (Å²) in [5, 5.41) is 0. The summed E-state index contributed by atoms with van der Waals surface area (Å²) in [7, 11) is 3.53. The van der Waals surface area contributed by atoms with Crippen molar-refractivity contribution in [2.45, 2.75) is 12.5 Å². The number of para-hydroxylation sites is 1. The number of allylic oxidation sites excluding steroid dienone is 2. The first-order valence-corrected chi connectivity index (χ1v) is 8.61. The molecule has 2 amide bonds. The first-order chi connectivity index (χ1) is 12.6. The van der Waals surface area contributed by atoms with Gasteiger partial charge in [-0.2, -0.15) is 0 Å². The zero-order valence-corrected chi connectivity index (χ0v) is 15.0. The van der Waals surface area contributed by atoms with Crippen LogP contribution in [0.25, 0.3) is 0 Å². The summed E-state index contributed by atoms with van der Waals surface area (Å²) in [6.45, 7) is 0. The average Bonchev–Trinajstić information content (AvgIpc) is 2.73. The molecule has 3 rings (SSSR count). The van der Waals surface area contributed by atoms with E-state index in [0.29, 0.717) is 11.1 Å². The number of hydrogen-bond acceptors (Lipinski definition) is 2. The molecule has 0 heterocycles. The van der Waals surface area contributed by atoms with Crippen molar-refractivity contribution in [2.75, 3.05) is 19.0 Å². The molecular formula is C22H22N2O2. The van der Waals surface area contributed by atoms with Crippen LogP contribution in [0.5, 0.6) is 0 Å². The molecule has 0 saturated heterocycles. The van der Waals surface area contributed by atoms with Crippen LogP contribution >= 0.6 is 0 Å². The lowest BCUT2D eigenvalue weighted by Gasteiger charge is -2.26. The van der Waals surface area contributed by atoms with Gasteiger partial charge in [0, 0.05) is 30.9 Å². The Bertz CT molecular complexity index is 855. The van der Waals surface area contributed by atoms with Gasteiger partial charge in [0.2, 0.25) is 0 Å². The zero-order valence-electron chi connectivity index (χ0n) is 15.0. The summed E-state index contributed by atoms with van der Waals surface area (Å²) in [5.41, 5.74) is 1.82. The van der Waals surface area contributed by atoms with Gasteiger partial charge in [-0.05, 0) is 36.8 Å². The smallest absolute Gasteiger partial charge is 0.258 e. The monoisotopic (exact) mass is 346 g/mol. The third-order valence-electron chi connectivity index (χ3n) is 4.58. The Morgan fingerprint density at radius 1 is 0.885 bits per heavy atom. The highest BCUT2D eigenvalue weighted by molar-refractivity contribution is 6.07. The van der Waals surface area contributed by atoms with Crippen LogP contribution in [0.4, 0.5) is 5.69 Å². The molecule has 0 N–H and O–H groups in total. The first kappa shape index (κ1) is 17.7. The third kappa shape index (κ3) is 3.75. The van der Waals surface area contributed by atoms with Crippen molar-refractivity contribution in [1.82, 2.24) is 4.90 Å². The van der Waals surface area contributed by atoms with Crippen LogP contribution in [0.3, 0.4) is 0 Å². The number of benzene rings is 2. The molecule has 0 bridgehead atoms. The summed E-state index contributed by atoms with van der Waals surface area (Å²) in [5.74, 6) is -0.235. The summed E-state index contributed by atoms with van der Waals surface area (Å²) in [4.78, 5) is 28.9. The van der Waals surface area contributed by atoms with E-state index in [9.17, 15) is 9.59 Å². The molecule has 0 radical (unpaired) electrons. The molecular weight excluding hydrogens is 324 g/mol. The van der Waals surface area contributed by atoms with Gasteiger partial charge in [-0.25, -0.2) is 0 Å². The lowest BCUT2D eigenvalue weighted by molar-refractivity contribution is 0.0761. The maximum atomic E-state index is 12.8. The van der Waals surface area contributed by atoms with Gasteiger partial charge in [0.05, 0.1) is 6.04 Å². The van der Waals surface area contributed by atoms with E-state index in [4.69, 9.17) is 0 Å². The molecule has 1 aliphatic carbocycles. The number of hydrogen-bond donors (Lipinski definition) is 0. The van der Waals surface area contributed by atoms with Gasteiger partial charge in [0.1, 0.15) is 0 Å². The van der Waals surface area contributed by atoms with E-state index >= 15 is 0 Å². The summed E-state index contributed by atoms with van der Waals surface area (Å²) in [6, 6.07) is 16.4. The minimum atomic E-state index is -0.144. The van der Waals surface area contributed by atoms with Gasteiger partial charge < -0.3 is 9.80 Å². The second-order valence-electron chi connectivity index (χ2n) is 6.31. The van der Waals surface area contributed by atoms with Gasteiger partial charge >= 0.3 is 0 Å². The highest BCUT2D eigenvalue weighted by Crippen LogP contribution is 2.18. The number of rotatable bonds is 4. The first-order valence-electron chi connectivity index (χ1n) is 8.61. The van der Waals surface area contributed by atoms with E-state index in [2.05, 4.69) is 0 Å². The second kappa shape index (κ2) is 7.83. The lowest BCUT2D eigenvalue weighted by atomic mass is 10.0. The third-order valence-corrected chi connectivity index (χ3v) is 4.58. The van der Waals surface area contributed by atoms with Crippen LogP contribution in [0.2, 0.25) is 0 Å². The molecule has 0 saturated carbocycles. The van der Waals surface area contributed by atoms with Crippen LogP contribution in [0, 0.1) is 0 Å². The second-order valence-corrected chi connectivity index (χ2v) is 6.31. The Kier molecular flexibility index (Phi) is 5.32. The number of anilines is 1. The zero-order chi connectivity index (χ0) is 18.5. The maximum absolute atomic E-state index is 12.8. The van der Waals surface area contributed by atoms with E-state index in [1.54, 1.807) is 48.2 Å². The topological polar surface area (TPSA) is 40.6 Å². The normalized spacial score (nSPS) is 15.5. The average molecular weight is 346 g/mol. The minimum absolute atomic E-state index is 0.0406. The Labute approximate surface area is 154 Å². The van der Waals surface area contributed by atoms with Crippen LogP contribution in [0.15, 0.2) is 78.9 Å². The molecule has 0 spiro atoms. The Morgan fingerprint density at radius 2 is 1.58 bits per heavy atom. The molecule has 0 fully saturated rings. The number of likely N-dealkylation sites (N-methyl/N-ethyl adjacent to an activating group) is 1. The molecule has 4 heteroatoms. The van der Waals surface area contributed by atoms with Gasteiger partial charge in [0.25, 0.3) is 11.8 Å². The van der Waals surface area contributed by atoms with Crippen molar-refractivity contribution >= 4 is 17.5 Å². The highest BCUT2D eigenvalue weighted by Gasteiger charge is 2.21. The molecule has 1 aliphatic rings. The fourth-order valence-electron chi connectivity index (χ4n) is 2.96. The predicted octanol–water partition coefficient (Wildman–Crippen LogP) is 3.92. The molecule has 2 aromatic rings. The summed E-state index contributed by atoms with van der Waals surface area (Å²) < 4.78 is 0. The fourth-order valence-corrected chi connectivity index (χ4v) is 2.96. The van der Waals surface area contributed by atoms with Crippen molar-refractivity contribution in [3.8, 4) is 0 Å². The van der Waals surface area contributed by atoms with Gasteiger partial charge in [0.15, 0.2) is 0 Å². The van der Waals surface area contributed by atoms with Crippen molar-refractivity contribution in [3.63, 3.8) is 0 Å². The van der Waals surface area contributed by atoms with E-state index in [1.807, 2.05) is 54.6 Å². The van der Waals surface area contributed by atoms with Crippen LogP contribution < -0.4 is 4.90 Å². The number of carbonyl (C=O) groups excluding carboxylic acids is 2. The summed E-state index contributed by atoms with van der Waals surface area (Å²) in [6.07, 6.45) is 8.79. The minimum Gasteiger partial charge on any atom is -0.335 e. The molecule has 1 atom stereocenters. The molecule has 0 aliphatic heterocycles. The molecule has 26 heavy (non-hydrogen) atoms. The molecule has 132 valence electrons. The SMILES string of the molecule is CN(C(=O)c1cccc(C(=O)N(C)C2C=CC=CC2)c1)c1ccccc1. The van der Waals surface area contributed by atoms with Crippen molar-refractivity contribution in [1.29, 1.82) is 0 Å². The van der Waals surface area contributed by atoms with E-state index in [-0.39, 0.29) is 17.9 Å². The molecule has 1 unspecified atom stereocenters. The van der Waals surface area contributed by atoms with E-state index < -0.39 is 0 Å². The maximum Gasteiger partial charge on any atom is 0.258 e. The van der Waals surface area contributed by atoms with E-state index in [1.165, 1.54) is 0 Å². The van der Waals surface area contributed by atoms with Gasteiger partial charge in [-0.3, -0.25) is 9.59 Å². The Balaban J connectivity index is 1.79. The lowest BCUT2D eigenvalue weighted by Crippen LogP contribution is -2.36. The predicted molar refractivity (Wildman–Crippen MR) is 104 cm³/mol. The van der Waals surface area contributed by atoms with Crippen molar-refractivity contribution in [3.05, 3.63) is 90.0 Å². The fraction of sp³-hybridized carbons (Fsp3) is 0.182. The van der Waals surface area contributed by atoms with Crippen LogP contribution in [0.1, 0.15) is 27.1 Å². The highest BCUT2D eigenvalue weighted by atomic mass is 16.2. The summed E-state index contributed by atoms with van der Waals surface area (Å²) >= 11 is 0. The number of nitrogens with zero attached hydrogens (tertiary/aromatic N) is 2. The number of amides is 2. The van der Waals surface area contributed by atoms with E-state index in [0.717, 1.165) is 12.1 Å². The van der Waals surface area contributed by atoms with Gasteiger partial charge in [-0.15, -0.1) is 0 Å². The van der Waals surface area contributed by atoms with Crippen LogP contribution in [-0.2, 0) is 0 Å². The Morgan fingerprint density at radius 3 is 2.23 bits per heavy atom. The van der Waals surface area contributed by atoms with Crippen molar-refractivity contribution in [2.24, 2.45) is 0 Å². The molecule has 2 aromatic carbocycles. The standard InChI is InChI=1S/C22H22N2O2/c1-23(19-12-5-3-6-13-19)21(25)17-10-9-11-18(16-17)22(26)24(2)20-14-7-4-8-15-20/h3-14,16,20H,15H2,1-2H3. The molecule has 4 nitrogen and oxygen atoms in total. The molecule has 0 aromatic heterocycles. The quantitative estimate of drug-likeness (QED) is 0.842. The van der Waals surface area contributed by atoms with Crippen LogP contribution in [-0.4, -0.2) is 36.9 Å². The van der Waals surface area contributed by atoms with Gasteiger partial charge in [-0.1, -0.05) is 48.6 Å².